The molecule has 31 heavy (non-hydrogen) atoms. The SMILES string of the molecule is C.C.CN1CCN(c2ccc3c(c2)CC(C2=C(N)c4c(F)cccc4CC2=O)=N3)CC1. The number of aliphatic imine (C=N–C) groups is 1. The molecular weight excluding hydrogens is 391 g/mol. The van der Waals surface area contributed by atoms with Gasteiger partial charge in [0.1, 0.15) is 5.82 Å². The van der Waals surface area contributed by atoms with Gasteiger partial charge in [0, 0.05) is 50.3 Å². The molecule has 0 atom stereocenters. The first-order valence-electron chi connectivity index (χ1n) is 9.96. The van der Waals surface area contributed by atoms with Crippen molar-refractivity contribution in [3.8, 4) is 0 Å². The number of fused-ring (bicyclic) bond motifs is 2. The zero-order chi connectivity index (χ0) is 20.1. The van der Waals surface area contributed by atoms with E-state index in [0.717, 1.165) is 37.4 Å². The van der Waals surface area contributed by atoms with Crippen molar-refractivity contribution in [3.05, 3.63) is 64.5 Å². The lowest BCUT2D eigenvalue weighted by molar-refractivity contribution is -0.114. The summed E-state index contributed by atoms with van der Waals surface area (Å²) in [6, 6.07) is 11.0. The lowest BCUT2D eigenvalue weighted by Gasteiger charge is -2.34. The van der Waals surface area contributed by atoms with Gasteiger partial charge >= 0.3 is 0 Å². The summed E-state index contributed by atoms with van der Waals surface area (Å²) < 4.78 is 14.4. The molecule has 2 N–H and O–H groups in total. The van der Waals surface area contributed by atoms with Crippen molar-refractivity contribution in [1.82, 2.24) is 4.90 Å². The minimum atomic E-state index is -0.390. The van der Waals surface area contributed by atoms with Gasteiger partial charge in [0.2, 0.25) is 0 Å². The lowest BCUT2D eigenvalue weighted by atomic mass is 9.85. The van der Waals surface area contributed by atoms with Gasteiger partial charge in [-0.1, -0.05) is 27.0 Å². The summed E-state index contributed by atoms with van der Waals surface area (Å²) in [5.74, 6) is -0.482. The van der Waals surface area contributed by atoms with Crippen molar-refractivity contribution in [2.45, 2.75) is 27.7 Å². The van der Waals surface area contributed by atoms with Crippen LogP contribution in [0.4, 0.5) is 15.8 Å². The first-order chi connectivity index (χ1) is 14.0. The summed E-state index contributed by atoms with van der Waals surface area (Å²) in [5, 5.41) is 0. The number of nitrogens with zero attached hydrogens (tertiary/aromatic N) is 3. The first-order valence-corrected chi connectivity index (χ1v) is 9.96. The van der Waals surface area contributed by atoms with Gasteiger partial charge in [0.25, 0.3) is 0 Å². The molecule has 0 spiro atoms. The molecule has 0 bridgehead atoms. The van der Waals surface area contributed by atoms with E-state index in [1.165, 1.54) is 11.8 Å². The monoisotopic (exact) mass is 422 g/mol. The Bertz CT molecular complexity index is 1080. The summed E-state index contributed by atoms with van der Waals surface area (Å²) in [6.07, 6.45) is 0.702. The number of carbonyl (C=O) groups excluding carboxylic acids is 1. The quantitative estimate of drug-likeness (QED) is 0.795. The number of rotatable bonds is 2. The van der Waals surface area contributed by atoms with Gasteiger partial charge in [-0.3, -0.25) is 9.79 Å². The number of anilines is 1. The molecule has 2 aromatic rings. The smallest absolute Gasteiger partial charge is 0.171 e. The van der Waals surface area contributed by atoms with Crippen LogP contribution < -0.4 is 10.6 Å². The highest BCUT2D eigenvalue weighted by molar-refractivity contribution is 6.30. The Kier molecular flexibility index (Phi) is 6.32. The standard InChI is InChI=1S/C23H23FN4O.2CH4/c1-27-7-9-28(10-8-27)16-5-6-18-15(11-16)12-19(26-18)22-20(29)13-14-3-2-4-17(24)21(14)23(22)25;;/h2-6,11H,7-10,12-13,25H2,1H3;2*1H4. The van der Waals surface area contributed by atoms with Crippen LogP contribution in [0.3, 0.4) is 0 Å². The Balaban J connectivity index is 0.00000136. The van der Waals surface area contributed by atoms with Crippen molar-refractivity contribution in [2.24, 2.45) is 10.7 Å². The molecule has 2 aromatic carbocycles. The summed E-state index contributed by atoms with van der Waals surface area (Å²) in [5.41, 5.74) is 11.6. The number of nitrogens with two attached hydrogens (primary N) is 1. The second-order valence-electron chi connectivity index (χ2n) is 8.00. The fourth-order valence-corrected chi connectivity index (χ4v) is 4.46. The average Bonchev–Trinajstić information content (AvgIpc) is 3.11. The largest absolute Gasteiger partial charge is 0.398 e. The third-order valence-electron chi connectivity index (χ3n) is 6.10. The van der Waals surface area contributed by atoms with E-state index < -0.39 is 5.82 Å². The van der Waals surface area contributed by atoms with Gasteiger partial charge in [-0.25, -0.2) is 4.39 Å². The molecule has 6 heteroatoms. The van der Waals surface area contributed by atoms with E-state index in [1.807, 2.05) is 6.07 Å². The molecule has 164 valence electrons. The molecule has 0 amide bonds. The third kappa shape index (κ3) is 3.88. The van der Waals surface area contributed by atoms with E-state index in [4.69, 9.17) is 5.73 Å². The maximum atomic E-state index is 14.4. The molecular formula is C25H31FN4O. The minimum absolute atomic E-state index is 0. The van der Waals surface area contributed by atoms with Gasteiger partial charge in [0.15, 0.2) is 5.78 Å². The molecule has 1 saturated heterocycles. The maximum Gasteiger partial charge on any atom is 0.171 e. The zero-order valence-corrected chi connectivity index (χ0v) is 16.4. The molecule has 1 fully saturated rings. The van der Waals surface area contributed by atoms with E-state index >= 15 is 0 Å². The van der Waals surface area contributed by atoms with Crippen molar-refractivity contribution in [3.63, 3.8) is 0 Å². The molecule has 2 heterocycles. The van der Waals surface area contributed by atoms with Gasteiger partial charge in [-0.2, -0.15) is 0 Å². The predicted octanol–water partition coefficient (Wildman–Crippen LogP) is 3.97. The van der Waals surface area contributed by atoms with Gasteiger partial charge < -0.3 is 15.5 Å². The normalized spacial score (nSPS) is 18.1. The van der Waals surface area contributed by atoms with Crippen LogP contribution in [0.5, 0.6) is 0 Å². The van der Waals surface area contributed by atoms with E-state index in [-0.39, 0.29) is 32.8 Å². The predicted molar refractivity (Wildman–Crippen MR) is 127 cm³/mol. The summed E-state index contributed by atoms with van der Waals surface area (Å²) in [6.45, 7) is 4.08. The fraction of sp³-hybridized carbons (Fsp3) is 0.360. The minimum Gasteiger partial charge on any atom is -0.398 e. The molecule has 5 rings (SSSR count). The molecule has 0 radical (unpaired) electrons. The van der Waals surface area contributed by atoms with Gasteiger partial charge in [0.05, 0.1) is 22.7 Å². The Morgan fingerprint density at radius 2 is 1.74 bits per heavy atom. The number of Topliss-reactive ketones (excluding diaryl/α,β-unsaturated/α-hetero) is 1. The highest BCUT2D eigenvalue weighted by atomic mass is 19.1. The average molecular weight is 423 g/mol. The van der Waals surface area contributed by atoms with Crippen molar-refractivity contribution in [1.29, 1.82) is 0 Å². The highest BCUT2D eigenvalue weighted by Gasteiger charge is 2.31. The van der Waals surface area contributed by atoms with Crippen molar-refractivity contribution < 1.29 is 9.18 Å². The maximum absolute atomic E-state index is 14.4. The Labute approximate surface area is 184 Å². The number of carbonyl (C=O) groups is 1. The molecule has 3 aliphatic rings. The number of allylic oxidation sites excluding steroid dienone is 1. The third-order valence-corrected chi connectivity index (χ3v) is 6.10. The van der Waals surface area contributed by atoms with E-state index in [2.05, 4.69) is 34.0 Å². The Morgan fingerprint density at radius 1 is 1.00 bits per heavy atom. The molecule has 0 unspecified atom stereocenters. The van der Waals surface area contributed by atoms with Crippen molar-refractivity contribution >= 4 is 28.6 Å². The number of likely N-dealkylation sites (N-methyl/N-ethyl adjacent to an activating group) is 1. The molecule has 0 aromatic heterocycles. The second-order valence-corrected chi connectivity index (χ2v) is 8.00. The first kappa shape index (κ1) is 22.7. The Morgan fingerprint density at radius 3 is 2.48 bits per heavy atom. The van der Waals surface area contributed by atoms with E-state index in [9.17, 15) is 9.18 Å². The molecule has 1 aliphatic carbocycles. The number of hydrogen-bond donors (Lipinski definition) is 1. The van der Waals surface area contributed by atoms with Gasteiger partial charge in [-0.05, 0) is 42.4 Å². The molecule has 5 nitrogen and oxygen atoms in total. The topological polar surface area (TPSA) is 61.9 Å². The highest BCUT2D eigenvalue weighted by Crippen LogP contribution is 2.36. The number of ketones is 1. The van der Waals surface area contributed by atoms with Crippen molar-refractivity contribution in [2.75, 3.05) is 38.1 Å². The summed E-state index contributed by atoms with van der Waals surface area (Å²) in [7, 11) is 2.14. The second kappa shape index (κ2) is 8.63. The molecule has 0 saturated carbocycles. The number of halogens is 1. The number of benzene rings is 2. The number of hydrogen-bond acceptors (Lipinski definition) is 5. The lowest BCUT2D eigenvalue weighted by Crippen LogP contribution is -2.44. The van der Waals surface area contributed by atoms with Crippen LogP contribution in [-0.4, -0.2) is 49.6 Å². The zero-order valence-electron chi connectivity index (χ0n) is 16.4. The van der Waals surface area contributed by atoms with Crippen LogP contribution in [-0.2, 0) is 17.6 Å². The van der Waals surface area contributed by atoms with Crippen LogP contribution in [0.2, 0.25) is 0 Å². The van der Waals surface area contributed by atoms with Gasteiger partial charge in [-0.15, -0.1) is 0 Å². The Hall–Kier alpha value is -2.99. The van der Waals surface area contributed by atoms with Crippen LogP contribution in [0.25, 0.3) is 5.70 Å². The number of piperazine rings is 1. The molecule has 2 aliphatic heterocycles. The summed E-state index contributed by atoms with van der Waals surface area (Å²) in [4.78, 5) is 22.2. The van der Waals surface area contributed by atoms with Crippen LogP contribution >= 0.6 is 0 Å². The fourth-order valence-electron chi connectivity index (χ4n) is 4.46. The summed E-state index contributed by atoms with van der Waals surface area (Å²) >= 11 is 0. The van der Waals surface area contributed by atoms with E-state index in [1.54, 1.807) is 12.1 Å². The van der Waals surface area contributed by atoms with E-state index in [0.29, 0.717) is 28.8 Å². The van der Waals surface area contributed by atoms with Crippen LogP contribution in [0.1, 0.15) is 31.5 Å². The van der Waals surface area contributed by atoms with Crippen LogP contribution in [0, 0.1) is 5.82 Å². The van der Waals surface area contributed by atoms with Crippen LogP contribution in [0.15, 0.2) is 47.0 Å².